The number of carbonyl (C=O) groups is 1. The van der Waals surface area contributed by atoms with Gasteiger partial charge in [0.1, 0.15) is 0 Å². The second-order valence-electron chi connectivity index (χ2n) is 4.61. The lowest BCUT2D eigenvalue weighted by molar-refractivity contribution is 0.0946. The summed E-state index contributed by atoms with van der Waals surface area (Å²) < 4.78 is 0.809. The zero-order valence-corrected chi connectivity index (χ0v) is 12.6. The van der Waals surface area contributed by atoms with Gasteiger partial charge in [-0.25, -0.2) is 0 Å². The van der Waals surface area contributed by atoms with Crippen LogP contribution in [0.4, 0.5) is 0 Å². The number of amides is 1. The van der Waals surface area contributed by atoms with E-state index in [2.05, 4.69) is 26.6 Å². The Bertz CT molecular complexity index is 473. The highest BCUT2D eigenvalue weighted by Crippen LogP contribution is 2.41. The van der Waals surface area contributed by atoms with Crippen molar-refractivity contribution in [2.45, 2.75) is 6.04 Å². The van der Waals surface area contributed by atoms with Gasteiger partial charge in [0, 0.05) is 29.2 Å². The molecule has 2 atom stereocenters. The Morgan fingerprint density at radius 1 is 1.39 bits per heavy atom. The molecule has 0 aromatic heterocycles. The summed E-state index contributed by atoms with van der Waals surface area (Å²) >= 11 is 9.28. The topological polar surface area (TPSA) is 41.1 Å². The van der Waals surface area contributed by atoms with Crippen LogP contribution in [0.2, 0.25) is 5.02 Å². The van der Waals surface area contributed by atoms with E-state index < -0.39 is 0 Å². The minimum Gasteiger partial charge on any atom is -0.349 e. The SMILES string of the molecule is Cl.O=C(NC1C2CNCC21)c1ccc(Br)c(Cl)c1. The largest absolute Gasteiger partial charge is 0.349 e. The molecule has 0 radical (unpaired) electrons. The smallest absolute Gasteiger partial charge is 0.251 e. The predicted molar refractivity (Wildman–Crippen MR) is 77.5 cm³/mol. The van der Waals surface area contributed by atoms with Crippen molar-refractivity contribution < 1.29 is 4.79 Å². The minimum absolute atomic E-state index is 0. The van der Waals surface area contributed by atoms with Crippen molar-refractivity contribution >= 4 is 45.8 Å². The Balaban J connectivity index is 0.00000120. The second kappa shape index (κ2) is 5.37. The molecule has 1 aromatic rings. The van der Waals surface area contributed by atoms with Crippen LogP contribution in [0.5, 0.6) is 0 Å². The third-order valence-electron chi connectivity index (χ3n) is 3.57. The molecule has 1 aliphatic heterocycles. The molecular weight excluding hydrogens is 339 g/mol. The van der Waals surface area contributed by atoms with Crippen LogP contribution in [0, 0.1) is 11.8 Å². The van der Waals surface area contributed by atoms with Crippen LogP contribution >= 0.6 is 39.9 Å². The van der Waals surface area contributed by atoms with Gasteiger partial charge in [-0.05, 0) is 46.0 Å². The predicted octanol–water partition coefficient (Wildman–Crippen LogP) is 2.47. The number of benzene rings is 1. The molecule has 2 fully saturated rings. The Hall–Kier alpha value is -0.290. The maximum atomic E-state index is 12.0. The lowest BCUT2D eigenvalue weighted by Crippen LogP contribution is -2.32. The molecule has 3 nitrogen and oxygen atoms in total. The van der Waals surface area contributed by atoms with Gasteiger partial charge >= 0.3 is 0 Å². The Labute approximate surface area is 125 Å². The van der Waals surface area contributed by atoms with Crippen molar-refractivity contribution in [1.29, 1.82) is 0 Å². The van der Waals surface area contributed by atoms with Gasteiger partial charge in [0.25, 0.3) is 5.91 Å². The molecule has 1 saturated carbocycles. The zero-order chi connectivity index (χ0) is 12.0. The molecule has 1 saturated heterocycles. The van der Waals surface area contributed by atoms with Gasteiger partial charge in [-0.3, -0.25) is 4.79 Å². The molecule has 18 heavy (non-hydrogen) atoms. The van der Waals surface area contributed by atoms with E-state index in [0.717, 1.165) is 17.6 Å². The van der Waals surface area contributed by atoms with Crippen LogP contribution in [0.25, 0.3) is 0 Å². The molecule has 2 N–H and O–H groups in total. The van der Waals surface area contributed by atoms with Crippen molar-refractivity contribution in [3.63, 3.8) is 0 Å². The molecule has 1 heterocycles. The van der Waals surface area contributed by atoms with Gasteiger partial charge in [0.2, 0.25) is 0 Å². The fourth-order valence-electron chi connectivity index (χ4n) is 2.50. The van der Waals surface area contributed by atoms with Gasteiger partial charge in [-0.15, -0.1) is 12.4 Å². The summed E-state index contributed by atoms with van der Waals surface area (Å²) in [6, 6.07) is 5.62. The number of hydrogen-bond donors (Lipinski definition) is 2. The van der Waals surface area contributed by atoms with E-state index in [0.29, 0.717) is 28.5 Å². The monoisotopic (exact) mass is 350 g/mol. The van der Waals surface area contributed by atoms with Crippen LogP contribution in [-0.4, -0.2) is 25.0 Å². The number of carbonyl (C=O) groups excluding carboxylic acids is 1. The molecule has 2 aliphatic rings. The van der Waals surface area contributed by atoms with Gasteiger partial charge in [0.05, 0.1) is 5.02 Å². The summed E-state index contributed by atoms with van der Waals surface area (Å²) in [5, 5.41) is 6.93. The standard InChI is InChI=1S/C12H12BrClN2O.ClH/c13-9-2-1-6(3-10(9)14)12(17)16-11-7-4-15-5-8(7)11;/h1-3,7-8,11,15H,4-5H2,(H,16,17);1H. The summed E-state index contributed by atoms with van der Waals surface area (Å²) in [6.07, 6.45) is 0. The fraction of sp³-hybridized carbons (Fsp3) is 0.417. The molecule has 3 rings (SSSR count). The number of nitrogens with one attached hydrogen (secondary N) is 2. The maximum absolute atomic E-state index is 12.0. The molecule has 1 amide bonds. The summed E-state index contributed by atoms with van der Waals surface area (Å²) in [4.78, 5) is 12.0. The summed E-state index contributed by atoms with van der Waals surface area (Å²) in [5.41, 5.74) is 0.621. The molecular formula is C12H13BrCl2N2O. The molecule has 0 spiro atoms. The van der Waals surface area contributed by atoms with E-state index in [1.807, 2.05) is 0 Å². The lowest BCUT2D eigenvalue weighted by Gasteiger charge is -2.08. The minimum atomic E-state index is -0.0289. The normalized spacial score (nSPS) is 28.2. The Kier molecular flexibility index (Phi) is 4.22. The zero-order valence-electron chi connectivity index (χ0n) is 9.45. The maximum Gasteiger partial charge on any atom is 0.251 e. The van der Waals surface area contributed by atoms with Crippen molar-refractivity contribution in [2.75, 3.05) is 13.1 Å². The van der Waals surface area contributed by atoms with E-state index in [1.54, 1.807) is 18.2 Å². The molecule has 1 aromatic carbocycles. The average molecular weight is 352 g/mol. The average Bonchev–Trinajstić information content (AvgIpc) is 2.76. The highest BCUT2D eigenvalue weighted by Gasteiger charge is 2.53. The van der Waals surface area contributed by atoms with Crippen LogP contribution < -0.4 is 10.6 Å². The first-order valence-corrected chi connectivity index (χ1v) is 6.80. The molecule has 1 aliphatic carbocycles. The lowest BCUT2D eigenvalue weighted by atomic mass is 10.2. The summed E-state index contributed by atoms with van der Waals surface area (Å²) in [5.74, 6) is 1.23. The highest BCUT2D eigenvalue weighted by atomic mass is 79.9. The van der Waals surface area contributed by atoms with Gasteiger partial charge < -0.3 is 10.6 Å². The first-order valence-electron chi connectivity index (χ1n) is 5.63. The number of hydrogen-bond acceptors (Lipinski definition) is 2. The molecule has 98 valence electrons. The number of rotatable bonds is 2. The van der Waals surface area contributed by atoms with Crippen LogP contribution in [0.15, 0.2) is 22.7 Å². The van der Waals surface area contributed by atoms with E-state index in [-0.39, 0.29) is 18.3 Å². The van der Waals surface area contributed by atoms with Crippen molar-refractivity contribution in [3.8, 4) is 0 Å². The summed E-state index contributed by atoms with van der Waals surface area (Å²) in [7, 11) is 0. The highest BCUT2D eigenvalue weighted by molar-refractivity contribution is 9.10. The summed E-state index contributed by atoms with van der Waals surface area (Å²) in [6.45, 7) is 2.05. The Morgan fingerprint density at radius 2 is 2.06 bits per heavy atom. The van der Waals surface area contributed by atoms with E-state index >= 15 is 0 Å². The van der Waals surface area contributed by atoms with E-state index in [4.69, 9.17) is 11.6 Å². The Morgan fingerprint density at radius 3 is 2.67 bits per heavy atom. The first kappa shape index (κ1) is 14.1. The number of piperidine rings is 1. The molecule has 0 bridgehead atoms. The number of halogens is 3. The van der Waals surface area contributed by atoms with Gasteiger partial charge in [0.15, 0.2) is 0 Å². The molecule has 2 unspecified atom stereocenters. The van der Waals surface area contributed by atoms with Crippen molar-refractivity contribution in [1.82, 2.24) is 10.6 Å². The third-order valence-corrected chi connectivity index (χ3v) is 4.80. The molecule has 6 heteroatoms. The van der Waals surface area contributed by atoms with Crippen molar-refractivity contribution in [2.24, 2.45) is 11.8 Å². The van der Waals surface area contributed by atoms with Crippen LogP contribution in [0.1, 0.15) is 10.4 Å². The fourth-order valence-corrected chi connectivity index (χ4v) is 2.93. The first-order chi connectivity index (χ1) is 8.16. The van der Waals surface area contributed by atoms with E-state index in [9.17, 15) is 4.79 Å². The van der Waals surface area contributed by atoms with Crippen molar-refractivity contribution in [3.05, 3.63) is 33.3 Å². The van der Waals surface area contributed by atoms with Gasteiger partial charge in [-0.1, -0.05) is 11.6 Å². The number of fused-ring (bicyclic) bond motifs is 1. The second-order valence-corrected chi connectivity index (χ2v) is 5.88. The van der Waals surface area contributed by atoms with Crippen LogP contribution in [-0.2, 0) is 0 Å². The van der Waals surface area contributed by atoms with Gasteiger partial charge in [-0.2, -0.15) is 0 Å². The third kappa shape index (κ3) is 2.52. The van der Waals surface area contributed by atoms with Crippen LogP contribution in [0.3, 0.4) is 0 Å². The van der Waals surface area contributed by atoms with E-state index in [1.165, 1.54) is 0 Å². The quantitative estimate of drug-likeness (QED) is 0.859.